The van der Waals surface area contributed by atoms with Crippen molar-refractivity contribution in [2.75, 3.05) is 20.3 Å². The van der Waals surface area contributed by atoms with Crippen molar-refractivity contribution in [2.45, 2.75) is 33.2 Å². The van der Waals surface area contributed by atoms with E-state index in [0.717, 1.165) is 13.2 Å². The lowest BCUT2D eigenvalue weighted by atomic mass is 10.0. The lowest BCUT2D eigenvalue weighted by molar-refractivity contribution is 0.138. The van der Waals surface area contributed by atoms with Crippen LogP contribution in [0.2, 0.25) is 0 Å². The topological polar surface area (TPSA) is 21.3 Å². The fourth-order valence-electron chi connectivity index (χ4n) is 1.39. The van der Waals surface area contributed by atoms with Crippen LogP contribution in [-0.4, -0.2) is 26.3 Å². The van der Waals surface area contributed by atoms with Gasteiger partial charge in [0, 0.05) is 13.2 Å². The summed E-state index contributed by atoms with van der Waals surface area (Å²) in [5, 5.41) is 3.44. The van der Waals surface area contributed by atoms with Crippen LogP contribution >= 0.6 is 0 Å². The SMILES string of the molecule is CCNC(CC)C(C)COC. The van der Waals surface area contributed by atoms with Crippen LogP contribution < -0.4 is 5.32 Å². The highest BCUT2D eigenvalue weighted by molar-refractivity contribution is 4.70. The molecule has 1 N–H and O–H groups in total. The predicted octanol–water partition coefficient (Wildman–Crippen LogP) is 1.66. The number of rotatable bonds is 6. The Hall–Kier alpha value is -0.0800. The van der Waals surface area contributed by atoms with Crippen LogP contribution in [0, 0.1) is 5.92 Å². The molecule has 0 spiro atoms. The van der Waals surface area contributed by atoms with Crippen molar-refractivity contribution in [2.24, 2.45) is 5.92 Å². The van der Waals surface area contributed by atoms with E-state index in [4.69, 9.17) is 4.74 Å². The van der Waals surface area contributed by atoms with Crippen molar-refractivity contribution in [3.63, 3.8) is 0 Å². The van der Waals surface area contributed by atoms with Crippen molar-refractivity contribution in [3.8, 4) is 0 Å². The van der Waals surface area contributed by atoms with Gasteiger partial charge in [-0.15, -0.1) is 0 Å². The van der Waals surface area contributed by atoms with E-state index in [9.17, 15) is 0 Å². The molecule has 0 aliphatic rings. The summed E-state index contributed by atoms with van der Waals surface area (Å²) in [7, 11) is 1.76. The fraction of sp³-hybridized carbons (Fsp3) is 1.00. The lowest BCUT2D eigenvalue weighted by Crippen LogP contribution is -2.36. The number of ether oxygens (including phenoxy) is 1. The van der Waals surface area contributed by atoms with Gasteiger partial charge in [-0.05, 0) is 18.9 Å². The summed E-state index contributed by atoms with van der Waals surface area (Å²) in [6.07, 6.45) is 1.18. The quantitative estimate of drug-likeness (QED) is 0.636. The molecule has 2 atom stereocenters. The largest absolute Gasteiger partial charge is 0.384 e. The molecular weight excluding hydrogens is 138 g/mol. The summed E-state index contributed by atoms with van der Waals surface area (Å²) in [6.45, 7) is 8.47. The standard InChI is InChI=1S/C9H21NO/c1-5-9(10-6-2)8(3)7-11-4/h8-10H,5-7H2,1-4H3. The summed E-state index contributed by atoms with van der Waals surface area (Å²) >= 11 is 0. The summed E-state index contributed by atoms with van der Waals surface area (Å²) in [5.41, 5.74) is 0. The molecule has 0 aromatic carbocycles. The van der Waals surface area contributed by atoms with Crippen LogP contribution in [0.15, 0.2) is 0 Å². The molecule has 0 fully saturated rings. The molecule has 0 radical (unpaired) electrons. The molecule has 2 nitrogen and oxygen atoms in total. The highest BCUT2D eigenvalue weighted by atomic mass is 16.5. The van der Waals surface area contributed by atoms with E-state index in [2.05, 4.69) is 26.1 Å². The van der Waals surface area contributed by atoms with Gasteiger partial charge in [-0.3, -0.25) is 0 Å². The third kappa shape index (κ3) is 4.38. The van der Waals surface area contributed by atoms with E-state index in [1.165, 1.54) is 6.42 Å². The van der Waals surface area contributed by atoms with E-state index in [1.54, 1.807) is 7.11 Å². The Labute approximate surface area is 70.3 Å². The molecule has 0 rings (SSSR count). The van der Waals surface area contributed by atoms with E-state index in [-0.39, 0.29) is 0 Å². The summed E-state index contributed by atoms with van der Waals surface area (Å²) < 4.78 is 5.09. The number of nitrogens with one attached hydrogen (secondary N) is 1. The van der Waals surface area contributed by atoms with Gasteiger partial charge in [-0.25, -0.2) is 0 Å². The zero-order chi connectivity index (χ0) is 8.69. The van der Waals surface area contributed by atoms with Crippen molar-refractivity contribution in [1.82, 2.24) is 5.32 Å². The van der Waals surface area contributed by atoms with E-state index < -0.39 is 0 Å². The zero-order valence-corrected chi connectivity index (χ0v) is 8.18. The van der Waals surface area contributed by atoms with E-state index in [1.807, 2.05) is 0 Å². The smallest absolute Gasteiger partial charge is 0.0502 e. The molecule has 0 aliphatic heterocycles. The Morgan fingerprint density at radius 2 is 2.00 bits per heavy atom. The van der Waals surface area contributed by atoms with Crippen molar-refractivity contribution in [3.05, 3.63) is 0 Å². The van der Waals surface area contributed by atoms with Gasteiger partial charge in [0.25, 0.3) is 0 Å². The number of hydrogen-bond acceptors (Lipinski definition) is 2. The van der Waals surface area contributed by atoms with Gasteiger partial charge >= 0.3 is 0 Å². The Bertz CT molecular complexity index is 85.6. The first-order valence-corrected chi connectivity index (χ1v) is 4.48. The second kappa shape index (κ2) is 6.62. The Morgan fingerprint density at radius 1 is 1.36 bits per heavy atom. The average Bonchev–Trinajstić information content (AvgIpc) is 2.00. The molecule has 0 amide bonds. The molecule has 0 aliphatic carbocycles. The Kier molecular flexibility index (Phi) is 6.57. The first-order chi connectivity index (χ1) is 5.26. The Morgan fingerprint density at radius 3 is 2.36 bits per heavy atom. The average molecular weight is 159 g/mol. The van der Waals surface area contributed by atoms with Gasteiger partial charge in [0.1, 0.15) is 0 Å². The molecule has 2 unspecified atom stereocenters. The molecular formula is C9H21NO. The third-order valence-electron chi connectivity index (χ3n) is 2.02. The second-order valence-electron chi connectivity index (χ2n) is 3.01. The summed E-state index contributed by atoms with van der Waals surface area (Å²) in [4.78, 5) is 0. The van der Waals surface area contributed by atoms with Crippen LogP contribution in [0.25, 0.3) is 0 Å². The molecule has 11 heavy (non-hydrogen) atoms. The van der Waals surface area contributed by atoms with Crippen LogP contribution in [0.4, 0.5) is 0 Å². The second-order valence-corrected chi connectivity index (χ2v) is 3.01. The van der Waals surface area contributed by atoms with Crippen LogP contribution in [0.5, 0.6) is 0 Å². The third-order valence-corrected chi connectivity index (χ3v) is 2.02. The van der Waals surface area contributed by atoms with Gasteiger partial charge in [0.2, 0.25) is 0 Å². The van der Waals surface area contributed by atoms with Gasteiger partial charge in [0.15, 0.2) is 0 Å². The highest BCUT2D eigenvalue weighted by Crippen LogP contribution is 2.06. The first-order valence-electron chi connectivity index (χ1n) is 4.48. The number of methoxy groups -OCH3 is 1. The molecule has 0 aromatic rings. The van der Waals surface area contributed by atoms with Crippen LogP contribution in [0.3, 0.4) is 0 Å². The minimum absolute atomic E-state index is 0.611. The molecule has 0 saturated heterocycles. The highest BCUT2D eigenvalue weighted by Gasteiger charge is 2.12. The van der Waals surface area contributed by atoms with Gasteiger partial charge < -0.3 is 10.1 Å². The Balaban J connectivity index is 3.61. The van der Waals surface area contributed by atoms with Gasteiger partial charge in [-0.2, -0.15) is 0 Å². The normalized spacial score (nSPS) is 16.4. The van der Waals surface area contributed by atoms with Gasteiger partial charge in [-0.1, -0.05) is 20.8 Å². The molecule has 0 saturated carbocycles. The monoisotopic (exact) mass is 159 g/mol. The maximum Gasteiger partial charge on any atom is 0.0502 e. The van der Waals surface area contributed by atoms with Crippen LogP contribution in [0.1, 0.15) is 27.2 Å². The molecule has 0 aromatic heterocycles. The molecule has 0 bridgehead atoms. The lowest BCUT2D eigenvalue weighted by Gasteiger charge is -2.22. The minimum atomic E-state index is 0.611. The molecule has 2 heteroatoms. The van der Waals surface area contributed by atoms with Crippen molar-refractivity contribution < 1.29 is 4.74 Å². The number of hydrogen-bond donors (Lipinski definition) is 1. The summed E-state index contributed by atoms with van der Waals surface area (Å²) in [5.74, 6) is 0.616. The maximum absolute atomic E-state index is 5.09. The van der Waals surface area contributed by atoms with Crippen molar-refractivity contribution in [1.29, 1.82) is 0 Å². The predicted molar refractivity (Wildman–Crippen MR) is 48.8 cm³/mol. The van der Waals surface area contributed by atoms with E-state index >= 15 is 0 Å². The maximum atomic E-state index is 5.09. The van der Waals surface area contributed by atoms with E-state index in [0.29, 0.717) is 12.0 Å². The minimum Gasteiger partial charge on any atom is -0.384 e. The first kappa shape index (κ1) is 10.9. The fourth-order valence-corrected chi connectivity index (χ4v) is 1.39. The van der Waals surface area contributed by atoms with Crippen molar-refractivity contribution >= 4 is 0 Å². The van der Waals surface area contributed by atoms with Crippen LogP contribution in [-0.2, 0) is 4.74 Å². The molecule has 68 valence electrons. The zero-order valence-electron chi connectivity index (χ0n) is 8.18. The summed E-state index contributed by atoms with van der Waals surface area (Å²) in [6, 6.07) is 0.611. The van der Waals surface area contributed by atoms with Gasteiger partial charge in [0.05, 0.1) is 6.61 Å². The molecule has 0 heterocycles.